The molecule has 0 aliphatic rings. The molecule has 84 valence electrons. The Morgan fingerprint density at radius 2 is 2.13 bits per heavy atom. The molecule has 0 aromatic carbocycles. The quantitative estimate of drug-likeness (QED) is 0.895. The van der Waals surface area contributed by atoms with E-state index in [-0.39, 0.29) is 5.91 Å². The van der Waals surface area contributed by atoms with Crippen molar-refractivity contribution in [3.63, 3.8) is 0 Å². The Bertz CT molecular complexity index is 318. The van der Waals surface area contributed by atoms with Crippen LogP contribution in [0.15, 0.2) is 21.2 Å². The molecule has 0 saturated heterocycles. The van der Waals surface area contributed by atoms with Crippen LogP contribution < -0.4 is 5.32 Å². The minimum absolute atomic E-state index is 0.146. The Kier molecular flexibility index (Phi) is 4.88. The highest BCUT2D eigenvalue weighted by atomic mass is 79.9. The van der Waals surface area contributed by atoms with E-state index in [0.717, 1.165) is 12.8 Å². The zero-order chi connectivity index (χ0) is 11.3. The third-order valence-electron chi connectivity index (χ3n) is 2.50. The van der Waals surface area contributed by atoms with Gasteiger partial charge in [-0.2, -0.15) is 0 Å². The Morgan fingerprint density at radius 3 is 2.60 bits per heavy atom. The van der Waals surface area contributed by atoms with Crippen LogP contribution in [0.1, 0.15) is 37.2 Å². The molecule has 0 bridgehead atoms. The van der Waals surface area contributed by atoms with Gasteiger partial charge in [0.15, 0.2) is 10.4 Å². The predicted molar refractivity (Wildman–Crippen MR) is 62.8 cm³/mol. The van der Waals surface area contributed by atoms with Gasteiger partial charge in [0.1, 0.15) is 0 Å². The lowest BCUT2D eigenvalue weighted by Crippen LogP contribution is -2.28. The second-order valence-corrected chi connectivity index (χ2v) is 4.28. The molecule has 3 nitrogen and oxygen atoms in total. The predicted octanol–water partition coefficient (Wildman–Crippen LogP) is 3.21. The zero-order valence-electron chi connectivity index (χ0n) is 9.05. The van der Waals surface area contributed by atoms with Crippen molar-refractivity contribution in [2.75, 3.05) is 6.54 Å². The van der Waals surface area contributed by atoms with E-state index in [9.17, 15) is 4.79 Å². The lowest BCUT2D eigenvalue weighted by Gasteiger charge is -2.12. The van der Waals surface area contributed by atoms with Crippen LogP contribution in [0.4, 0.5) is 0 Å². The molecule has 1 aromatic rings. The summed E-state index contributed by atoms with van der Waals surface area (Å²) in [6.45, 7) is 4.97. The SMILES string of the molecule is CCC(CC)CNC(=O)c1ccc(Br)o1. The highest BCUT2D eigenvalue weighted by Gasteiger charge is 2.11. The number of hydrogen-bond donors (Lipinski definition) is 1. The lowest BCUT2D eigenvalue weighted by atomic mass is 10.0. The summed E-state index contributed by atoms with van der Waals surface area (Å²) in [5.41, 5.74) is 0. The largest absolute Gasteiger partial charge is 0.444 e. The number of halogens is 1. The maximum Gasteiger partial charge on any atom is 0.287 e. The molecule has 0 radical (unpaired) electrons. The van der Waals surface area contributed by atoms with Gasteiger partial charge < -0.3 is 9.73 Å². The maximum absolute atomic E-state index is 11.6. The molecule has 15 heavy (non-hydrogen) atoms. The number of amides is 1. The molecule has 1 rings (SSSR count). The summed E-state index contributed by atoms with van der Waals surface area (Å²) >= 11 is 3.16. The first kappa shape index (κ1) is 12.3. The van der Waals surface area contributed by atoms with Crippen LogP contribution in [-0.2, 0) is 0 Å². The molecule has 4 heteroatoms. The van der Waals surface area contributed by atoms with Gasteiger partial charge in [0.25, 0.3) is 5.91 Å². The van der Waals surface area contributed by atoms with Crippen molar-refractivity contribution < 1.29 is 9.21 Å². The molecule has 0 unspecified atom stereocenters. The number of rotatable bonds is 5. The second-order valence-electron chi connectivity index (χ2n) is 3.50. The van der Waals surface area contributed by atoms with Crippen LogP contribution in [-0.4, -0.2) is 12.5 Å². The summed E-state index contributed by atoms with van der Waals surface area (Å²) in [7, 11) is 0. The van der Waals surface area contributed by atoms with E-state index in [2.05, 4.69) is 35.1 Å². The van der Waals surface area contributed by atoms with Crippen LogP contribution >= 0.6 is 15.9 Å². The fraction of sp³-hybridized carbons (Fsp3) is 0.545. The average Bonchev–Trinajstić information content (AvgIpc) is 2.66. The van der Waals surface area contributed by atoms with Gasteiger partial charge in [0.05, 0.1) is 0 Å². The second kappa shape index (κ2) is 5.95. The molecular weight excluding hydrogens is 258 g/mol. The van der Waals surface area contributed by atoms with E-state index in [1.807, 2.05) is 0 Å². The number of carbonyl (C=O) groups is 1. The molecule has 1 aromatic heterocycles. The van der Waals surface area contributed by atoms with Gasteiger partial charge in [0.2, 0.25) is 0 Å². The summed E-state index contributed by atoms with van der Waals surface area (Å²) in [6, 6.07) is 3.37. The number of carbonyl (C=O) groups excluding carboxylic acids is 1. The molecule has 0 aliphatic heterocycles. The van der Waals surface area contributed by atoms with Crippen molar-refractivity contribution in [1.29, 1.82) is 0 Å². The molecule has 1 amide bonds. The van der Waals surface area contributed by atoms with E-state index in [4.69, 9.17) is 4.42 Å². The van der Waals surface area contributed by atoms with Crippen LogP contribution in [0.5, 0.6) is 0 Å². The van der Waals surface area contributed by atoms with Gasteiger partial charge in [-0.3, -0.25) is 4.79 Å². The average molecular weight is 274 g/mol. The Balaban J connectivity index is 2.42. The molecule has 0 fully saturated rings. The molecule has 1 N–H and O–H groups in total. The first-order chi connectivity index (χ1) is 7.17. The molecule has 0 atom stereocenters. The van der Waals surface area contributed by atoms with Crippen molar-refractivity contribution in [3.8, 4) is 0 Å². The van der Waals surface area contributed by atoms with Gasteiger partial charge >= 0.3 is 0 Å². The smallest absolute Gasteiger partial charge is 0.287 e. The summed E-state index contributed by atoms with van der Waals surface area (Å²) in [6.07, 6.45) is 2.16. The Labute approximate surface area is 98.4 Å². The summed E-state index contributed by atoms with van der Waals surface area (Å²) in [5.74, 6) is 0.757. The zero-order valence-corrected chi connectivity index (χ0v) is 10.6. The standard InChI is InChI=1S/C11H16BrNO2/c1-3-8(4-2)7-13-11(14)9-5-6-10(12)15-9/h5-6,8H,3-4,7H2,1-2H3,(H,13,14). The Morgan fingerprint density at radius 1 is 1.47 bits per heavy atom. The van der Waals surface area contributed by atoms with Crippen molar-refractivity contribution in [3.05, 3.63) is 22.6 Å². The van der Waals surface area contributed by atoms with Gasteiger partial charge in [0, 0.05) is 6.54 Å². The van der Waals surface area contributed by atoms with Gasteiger partial charge in [-0.1, -0.05) is 26.7 Å². The number of furan rings is 1. The summed E-state index contributed by atoms with van der Waals surface area (Å²) in [4.78, 5) is 11.6. The Hall–Kier alpha value is -0.770. The third kappa shape index (κ3) is 3.70. The van der Waals surface area contributed by atoms with Gasteiger partial charge in [-0.15, -0.1) is 0 Å². The number of hydrogen-bond acceptors (Lipinski definition) is 2. The molecule has 0 saturated carbocycles. The summed E-state index contributed by atoms with van der Waals surface area (Å²) < 4.78 is 5.73. The van der Waals surface area contributed by atoms with Crippen LogP contribution in [0, 0.1) is 5.92 Å². The first-order valence-corrected chi connectivity index (χ1v) is 6.00. The van der Waals surface area contributed by atoms with E-state index < -0.39 is 0 Å². The van der Waals surface area contributed by atoms with Crippen molar-refractivity contribution in [2.24, 2.45) is 5.92 Å². The maximum atomic E-state index is 11.6. The van der Waals surface area contributed by atoms with Gasteiger partial charge in [-0.05, 0) is 34.0 Å². The van der Waals surface area contributed by atoms with Crippen molar-refractivity contribution in [2.45, 2.75) is 26.7 Å². The third-order valence-corrected chi connectivity index (χ3v) is 2.93. The van der Waals surface area contributed by atoms with Crippen LogP contribution in [0.3, 0.4) is 0 Å². The van der Waals surface area contributed by atoms with E-state index in [0.29, 0.717) is 22.9 Å². The van der Waals surface area contributed by atoms with E-state index in [1.165, 1.54) is 0 Å². The number of nitrogens with one attached hydrogen (secondary N) is 1. The highest BCUT2D eigenvalue weighted by molar-refractivity contribution is 9.10. The summed E-state index contributed by atoms with van der Waals surface area (Å²) in [5, 5.41) is 2.86. The normalized spacial score (nSPS) is 10.7. The first-order valence-electron chi connectivity index (χ1n) is 5.20. The monoisotopic (exact) mass is 273 g/mol. The van der Waals surface area contributed by atoms with Crippen molar-refractivity contribution >= 4 is 21.8 Å². The molecule has 0 spiro atoms. The lowest BCUT2D eigenvalue weighted by molar-refractivity contribution is 0.0917. The van der Waals surface area contributed by atoms with E-state index in [1.54, 1.807) is 12.1 Å². The minimum Gasteiger partial charge on any atom is -0.444 e. The highest BCUT2D eigenvalue weighted by Crippen LogP contribution is 2.14. The van der Waals surface area contributed by atoms with Crippen LogP contribution in [0.2, 0.25) is 0 Å². The minimum atomic E-state index is -0.146. The van der Waals surface area contributed by atoms with Gasteiger partial charge in [-0.25, -0.2) is 0 Å². The van der Waals surface area contributed by atoms with Crippen LogP contribution in [0.25, 0.3) is 0 Å². The topological polar surface area (TPSA) is 42.2 Å². The molecule has 0 aliphatic carbocycles. The van der Waals surface area contributed by atoms with Crippen molar-refractivity contribution in [1.82, 2.24) is 5.32 Å². The van der Waals surface area contributed by atoms with E-state index >= 15 is 0 Å². The fourth-order valence-electron chi connectivity index (χ4n) is 1.34. The fourth-order valence-corrected chi connectivity index (χ4v) is 1.64. The molecular formula is C11H16BrNO2. The molecule has 1 heterocycles.